The van der Waals surface area contributed by atoms with Crippen LogP contribution in [0, 0.1) is 18.7 Å². The van der Waals surface area contributed by atoms with E-state index in [1.54, 1.807) is 25.1 Å². The fraction of sp³-hybridized carbons (Fsp3) is 0.235. The molecule has 1 aliphatic rings. The molecule has 1 heterocycles. The van der Waals surface area contributed by atoms with Crippen LogP contribution in [0.2, 0.25) is 5.02 Å². The summed E-state index contributed by atoms with van der Waals surface area (Å²) in [4.78, 5) is 12.5. The molecule has 0 bridgehead atoms. The molecule has 4 N–H and O–H groups in total. The number of sulfonamides is 1. The Morgan fingerprint density at radius 1 is 1.19 bits per heavy atom. The standard InChI is InChI=1S/C17H18ClFN4O3S/c1-10-2-5-13(8-15(10)19)21-16(24)14-9-20-22-17(14)27(25,26)23-12-6-3-11(18)4-7-12/h2-8,14,17,20,22-23H,9H2,1H3,(H,21,24). The molecular formula is C17H18ClFN4O3S. The molecule has 3 rings (SSSR count). The number of rotatable bonds is 5. The number of halogens is 2. The van der Waals surface area contributed by atoms with Crippen molar-refractivity contribution in [2.45, 2.75) is 12.3 Å². The Kier molecular flexibility index (Phi) is 5.66. The van der Waals surface area contributed by atoms with Crippen molar-refractivity contribution >= 4 is 38.9 Å². The van der Waals surface area contributed by atoms with Gasteiger partial charge in [0.25, 0.3) is 10.0 Å². The van der Waals surface area contributed by atoms with E-state index in [1.165, 1.54) is 24.3 Å². The van der Waals surface area contributed by atoms with E-state index >= 15 is 0 Å². The molecule has 1 aliphatic heterocycles. The summed E-state index contributed by atoms with van der Waals surface area (Å²) in [5, 5.41) is 1.82. The third-order valence-corrected chi connectivity index (χ3v) is 6.03. The van der Waals surface area contributed by atoms with E-state index in [1.807, 2.05) is 0 Å². The van der Waals surface area contributed by atoms with E-state index in [4.69, 9.17) is 11.6 Å². The molecule has 2 aromatic rings. The largest absolute Gasteiger partial charge is 0.326 e. The van der Waals surface area contributed by atoms with Crippen LogP contribution in [-0.4, -0.2) is 26.2 Å². The summed E-state index contributed by atoms with van der Waals surface area (Å²) in [6.45, 7) is 1.71. The molecule has 0 saturated carbocycles. The van der Waals surface area contributed by atoms with Crippen LogP contribution in [0.3, 0.4) is 0 Å². The Labute approximate surface area is 161 Å². The fourth-order valence-corrected chi connectivity index (χ4v) is 4.26. The number of hydrogen-bond acceptors (Lipinski definition) is 5. The van der Waals surface area contributed by atoms with Crippen LogP contribution in [-0.2, 0) is 14.8 Å². The molecule has 1 fully saturated rings. The average molecular weight is 413 g/mol. The molecule has 27 heavy (non-hydrogen) atoms. The minimum absolute atomic E-state index is 0.104. The van der Waals surface area contributed by atoms with Crippen LogP contribution < -0.4 is 20.9 Å². The number of anilines is 2. The summed E-state index contributed by atoms with van der Waals surface area (Å²) in [7, 11) is -3.93. The average Bonchev–Trinajstić information content (AvgIpc) is 3.11. The van der Waals surface area contributed by atoms with E-state index in [0.717, 1.165) is 0 Å². The first-order valence-corrected chi connectivity index (χ1v) is 10.0. The van der Waals surface area contributed by atoms with Gasteiger partial charge < -0.3 is 5.32 Å². The van der Waals surface area contributed by atoms with Crippen LogP contribution in [0.15, 0.2) is 42.5 Å². The van der Waals surface area contributed by atoms with Gasteiger partial charge in [-0.2, -0.15) is 0 Å². The highest BCUT2D eigenvalue weighted by atomic mass is 35.5. The van der Waals surface area contributed by atoms with Crippen molar-refractivity contribution in [3.63, 3.8) is 0 Å². The number of hydrogen-bond donors (Lipinski definition) is 4. The first-order chi connectivity index (χ1) is 12.8. The van der Waals surface area contributed by atoms with Gasteiger partial charge in [-0.3, -0.25) is 14.9 Å². The zero-order valence-electron chi connectivity index (χ0n) is 14.3. The van der Waals surface area contributed by atoms with E-state index < -0.39 is 33.0 Å². The number of hydrazine groups is 1. The molecule has 2 atom stereocenters. The maximum atomic E-state index is 13.7. The van der Waals surface area contributed by atoms with Gasteiger partial charge in [-0.1, -0.05) is 17.7 Å². The minimum atomic E-state index is -3.93. The third-order valence-electron chi connectivity index (χ3n) is 4.15. The first-order valence-electron chi connectivity index (χ1n) is 8.09. The van der Waals surface area contributed by atoms with Gasteiger partial charge in [-0.25, -0.2) is 18.2 Å². The predicted octanol–water partition coefficient (Wildman–Crippen LogP) is 2.22. The maximum Gasteiger partial charge on any atom is 0.250 e. The number of benzene rings is 2. The Balaban J connectivity index is 1.74. The van der Waals surface area contributed by atoms with Crippen molar-refractivity contribution in [1.82, 2.24) is 10.9 Å². The van der Waals surface area contributed by atoms with Gasteiger partial charge in [0.15, 0.2) is 5.37 Å². The summed E-state index contributed by atoms with van der Waals surface area (Å²) >= 11 is 5.79. The smallest absolute Gasteiger partial charge is 0.250 e. The van der Waals surface area contributed by atoms with Crippen LogP contribution >= 0.6 is 11.6 Å². The summed E-state index contributed by atoms with van der Waals surface area (Å²) < 4.78 is 41.4. The van der Waals surface area contributed by atoms with Gasteiger partial charge in [0.1, 0.15) is 5.82 Å². The Bertz CT molecular complexity index is 953. The molecule has 7 nitrogen and oxygen atoms in total. The molecule has 0 aliphatic carbocycles. The highest BCUT2D eigenvalue weighted by molar-refractivity contribution is 7.93. The van der Waals surface area contributed by atoms with Crippen LogP contribution in [0.5, 0.6) is 0 Å². The molecule has 1 amide bonds. The Morgan fingerprint density at radius 2 is 1.85 bits per heavy atom. The van der Waals surface area contributed by atoms with E-state index in [9.17, 15) is 17.6 Å². The van der Waals surface area contributed by atoms with Crippen molar-refractivity contribution in [2.75, 3.05) is 16.6 Å². The topological polar surface area (TPSA) is 99.3 Å². The lowest BCUT2D eigenvalue weighted by Gasteiger charge is -2.19. The van der Waals surface area contributed by atoms with Crippen molar-refractivity contribution in [1.29, 1.82) is 0 Å². The molecular weight excluding hydrogens is 395 g/mol. The highest BCUT2D eigenvalue weighted by Gasteiger charge is 2.42. The van der Waals surface area contributed by atoms with E-state index in [-0.39, 0.29) is 12.2 Å². The van der Waals surface area contributed by atoms with Crippen molar-refractivity contribution in [3.05, 3.63) is 58.9 Å². The van der Waals surface area contributed by atoms with Crippen molar-refractivity contribution in [2.24, 2.45) is 5.92 Å². The SMILES string of the molecule is Cc1ccc(NC(=O)C2CNNC2S(=O)(=O)Nc2ccc(Cl)cc2)cc1F. The first kappa shape index (κ1) is 19.6. The number of amides is 1. The molecule has 10 heteroatoms. The van der Waals surface area contributed by atoms with Crippen LogP contribution in [0.25, 0.3) is 0 Å². The molecule has 2 aromatic carbocycles. The summed E-state index contributed by atoms with van der Waals surface area (Å²) in [6, 6.07) is 10.4. The second-order valence-corrected chi connectivity index (χ2v) is 8.40. The quantitative estimate of drug-likeness (QED) is 0.603. The molecule has 144 valence electrons. The van der Waals surface area contributed by atoms with E-state index in [2.05, 4.69) is 20.9 Å². The van der Waals surface area contributed by atoms with E-state index in [0.29, 0.717) is 16.3 Å². The minimum Gasteiger partial charge on any atom is -0.326 e. The number of carbonyl (C=O) groups is 1. The van der Waals surface area contributed by atoms with Gasteiger partial charge in [-0.05, 0) is 48.9 Å². The van der Waals surface area contributed by atoms with Gasteiger partial charge >= 0.3 is 0 Å². The number of nitrogens with one attached hydrogen (secondary N) is 4. The molecule has 0 radical (unpaired) electrons. The monoisotopic (exact) mass is 412 g/mol. The molecule has 1 saturated heterocycles. The zero-order valence-corrected chi connectivity index (χ0v) is 15.9. The van der Waals surface area contributed by atoms with Crippen molar-refractivity contribution in [3.8, 4) is 0 Å². The second kappa shape index (κ2) is 7.81. The molecule has 0 spiro atoms. The molecule has 0 aromatic heterocycles. The van der Waals surface area contributed by atoms with Gasteiger partial charge in [0.05, 0.1) is 5.92 Å². The lowest BCUT2D eigenvalue weighted by Crippen LogP contribution is -2.45. The number of carbonyl (C=O) groups excluding carboxylic acids is 1. The third kappa shape index (κ3) is 4.56. The zero-order chi connectivity index (χ0) is 19.6. The summed E-state index contributed by atoms with van der Waals surface area (Å²) in [5.74, 6) is -1.91. The number of aryl methyl sites for hydroxylation is 1. The van der Waals surface area contributed by atoms with Gasteiger partial charge in [0, 0.05) is 22.9 Å². The fourth-order valence-electron chi connectivity index (χ4n) is 2.65. The lowest BCUT2D eigenvalue weighted by molar-refractivity contribution is -0.119. The summed E-state index contributed by atoms with van der Waals surface area (Å²) in [6.07, 6.45) is 0. The predicted molar refractivity (Wildman–Crippen MR) is 102 cm³/mol. The maximum absolute atomic E-state index is 13.7. The Hall–Kier alpha value is -2.20. The van der Waals surface area contributed by atoms with Crippen molar-refractivity contribution < 1.29 is 17.6 Å². The second-order valence-electron chi connectivity index (χ2n) is 6.16. The lowest BCUT2D eigenvalue weighted by atomic mass is 10.1. The van der Waals surface area contributed by atoms with Gasteiger partial charge in [-0.15, -0.1) is 0 Å². The molecule has 2 unspecified atom stereocenters. The van der Waals surface area contributed by atoms with Crippen LogP contribution in [0.1, 0.15) is 5.56 Å². The highest BCUT2D eigenvalue weighted by Crippen LogP contribution is 2.22. The normalized spacial score (nSPS) is 19.7. The summed E-state index contributed by atoms with van der Waals surface area (Å²) in [5.41, 5.74) is 6.33. The Morgan fingerprint density at radius 3 is 2.52 bits per heavy atom. The van der Waals surface area contributed by atoms with Crippen LogP contribution in [0.4, 0.5) is 15.8 Å². The van der Waals surface area contributed by atoms with Gasteiger partial charge in [0.2, 0.25) is 5.91 Å².